The normalized spacial score (nSPS) is 34.8. The Balaban J connectivity index is 0.994. The number of Topliss-reactive ketones (excluding diaryl/α,β-unsaturated/α-hetero) is 1. The number of esters is 2. The predicted octanol–water partition coefficient (Wildman–Crippen LogP) is 3.91. The van der Waals surface area contributed by atoms with Gasteiger partial charge in [-0.2, -0.15) is 0 Å². The first-order chi connectivity index (χ1) is 24.7. The third-order valence-corrected chi connectivity index (χ3v) is 12.2. The van der Waals surface area contributed by atoms with Gasteiger partial charge in [-0.25, -0.2) is 14.4 Å². The van der Waals surface area contributed by atoms with Crippen molar-refractivity contribution in [2.24, 2.45) is 28.6 Å². The van der Waals surface area contributed by atoms with Gasteiger partial charge in [0.15, 0.2) is 12.4 Å². The molecule has 3 saturated carbocycles. The summed E-state index contributed by atoms with van der Waals surface area (Å²) in [6, 6.07) is 4.85. The van der Waals surface area contributed by atoms with Gasteiger partial charge in [0.1, 0.15) is 11.7 Å². The predicted molar refractivity (Wildman–Crippen MR) is 182 cm³/mol. The molecule has 1 heterocycles. The highest BCUT2D eigenvalue weighted by Crippen LogP contribution is 2.67. The maximum atomic E-state index is 13.6. The maximum Gasteiger partial charge on any atom is 0.511 e. The van der Waals surface area contributed by atoms with Crippen LogP contribution in [0.2, 0.25) is 0 Å². The van der Waals surface area contributed by atoms with Crippen molar-refractivity contribution in [3.8, 4) is 0 Å². The molecule has 3 N–H and O–H groups in total. The molecule has 1 aromatic rings. The zero-order chi connectivity index (χ0) is 37.4. The Morgan fingerprint density at radius 3 is 2.38 bits per heavy atom. The Kier molecular flexibility index (Phi) is 10.3. The highest BCUT2D eigenvalue weighted by atomic mass is 16.8. The number of aliphatic hydroxyl groups is 2. The van der Waals surface area contributed by atoms with Crippen molar-refractivity contribution < 1.29 is 57.9 Å². The van der Waals surface area contributed by atoms with E-state index in [1.54, 1.807) is 12.2 Å². The van der Waals surface area contributed by atoms with E-state index in [9.17, 15) is 39.0 Å². The average Bonchev–Trinajstić information content (AvgIpc) is 3.60. The molecule has 1 amide bonds. The lowest BCUT2D eigenvalue weighted by molar-refractivity contribution is -0.178. The Morgan fingerprint density at radius 2 is 1.69 bits per heavy atom. The summed E-state index contributed by atoms with van der Waals surface area (Å²) in [5.74, 6) is -2.78. The summed E-state index contributed by atoms with van der Waals surface area (Å²) in [5, 5.41) is 26.2. The van der Waals surface area contributed by atoms with Crippen molar-refractivity contribution in [3.05, 3.63) is 71.3 Å². The number of benzene rings is 1. The van der Waals surface area contributed by atoms with E-state index in [1.807, 2.05) is 32.1 Å². The molecule has 278 valence electrons. The number of hydrogen-bond donors (Lipinski definition) is 3. The van der Waals surface area contributed by atoms with Crippen LogP contribution < -0.4 is 5.32 Å². The van der Waals surface area contributed by atoms with Crippen LogP contribution in [0.5, 0.6) is 0 Å². The van der Waals surface area contributed by atoms with Crippen molar-refractivity contribution in [2.75, 3.05) is 13.4 Å². The lowest BCUT2D eigenvalue weighted by Gasteiger charge is -2.59. The van der Waals surface area contributed by atoms with Gasteiger partial charge in [-0.05, 0) is 93.7 Å². The van der Waals surface area contributed by atoms with Gasteiger partial charge in [-0.1, -0.05) is 37.6 Å². The monoisotopic (exact) mass is 719 g/mol. The van der Waals surface area contributed by atoms with Gasteiger partial charge in [-0.15, -0.1) is 0 Å². The Bertz CT molecular complexity index is 1730. The van der Waals surface area contributed by atoms with Crippen LogP contribution in [0.4, 0.5) is 4.79 Å². The van der Waals surface area contributed by atoms with E-state index >= 15 is 0 Å². The van der Waals surface area contributed by atoms with E-state index in [1.165, 1.54) is 24.3 Å². The van der Waals surface area contributed by atoms with Gasteiger partial charge in [0.25, 0.3) is 0 Å². The van der Waals surface area contributed by atoms with Gasteiger partial charge in [0, 0.05) is 16.7 Å². The van der Waals surface area contributed by atoms with Crippen molar-refractivity contribution in [2.45, 2.75) is 89.6 Å². The van der Waals surface area contributed by atoms with Crippen LogP contribution in [0.3, 0.4) is 0 Å². The van der Waals surface area contributed by atoms with Crippen molar-refractivity contribution >= 4 is 35.6 Å². The molecule has 1 saturated heterocycles. The second-order valence-corrected chi connectivity index (χ2v) is 15.0. The molecule has 0 spiro atoms. The first kappa shape index (κ1) is 37.1. The Morgan fingerprint density at radius 1 is 1.00 bits per heavy atom. The van der Waals surface area contributed by atoms with E-state index < -0.39 is 65.9 Å². The molecule has 4 aliphatic carbocycles. The van der Waals surface area contributed by atoms with E-state index in [2.05, 4.69) is 12.2 Å². The quantitative estimate of drug-likeness (QED) is 0.137. The zero-order valence-electron chi connectivity index (χ0n) is 29.5. The molecule has 3 unspecified atom stereocenters. The molecule has 52 heavy (non-hydrogen) atoms. The second-order valence-electron chi connectivity index (χ2n) is 15.0. The van der Waals surface area contributed by atoms with Gasteiger partial charge in [-0.3, -0.25) is 14.4 Å². The third kappa shape index (κ3) is 6.71. The van der Waals surface area contributed by atoms with E-state index in [0.29, 0.717) is 19.3 Å². The number of carbonyl (C=O) groups excluding carboxylic acids is 6. The summed E-state index contributed by atoms with van der Waals surface area (Å²) >= 11 is 0. The summed E-state index contributed by atoms with van der Waals surface area (Å²) in [7, 11) is 0. The summed E-state index contributed by atoms with van der Waals surface area (Å²) in [4.78, 5) is 74.9. The third-order valence-electron chi connectivity index (χ3n) is 12.2. The number of carbonyl (C=O) groups is 6. The van der Waals surface area contributed by atoms with Crippen molar-refractivity contribution in [3.63, 3.8) is 0 Å². The minimum absolute atomic E-state index is 0.00617. The topological polar surface area (TPSA) is 192 Å². The Labute approximate surface area is 301 Å². The molecule has 1 aromatic carbocycles. The summed E-state index contributed by atoms with van der Waals surface area (Å²) < 4.78 is 20.3. The number of nitrogens with one attached hydrogen (secondary N) is 1. The van der Waals surface area contributed by atoms with Gasteiger partial charge < -0.3 is 34.5 Å². The average molecular weight is 720 g/mol. The van der Waals surface area contributed by atoms with Crippen LogP contribution >= 0.6 is 0 Å². The van der Waals surface area contributed by atoms with E-state index in [4.69, 9.17) is 18.9 Å². The highest BCUT2D eigenvalue weighted by Gasteiger charge is 2.68. The van der Waals surface area contributed by atoms with Crippen LogP contribution in [-0.2, 0) is 33.3 Å². The van der Waals surface area contributed by atoms with Crippen LogP contribution in [0.15, 0.2) is 60.2 Å². The smallest absolute Gasteiger partial charge is 0.454 e. The molecular formula is C39H45NO12. The highest BCUT2D eigenvalue weighted by molar-refractivity contribution is 6.01. The summed E-state index contributed by atoms with van der Waals surface area (Å²) in [5.41, 5.74) is -2.10. The fourth-order valence-corrected chi connectivity index (χ4v) is 9.54. The largest absolute Gasteiger partial charge is 0.511 e. The van der Waals surface area contributed by atoms with Crippen molar-refractivity contribution in [1.82, 2.24) is 5.32 Å². The number of ether oxygens (including phenoxy) is 4. The molecule has 6 rings (SSSR count). The van der Waals surface area contributed by atoms with Crippen LogP contribution in [0, 0.1) is 28.6 Å². The molecule has 13 nitrogen and oxygen atoms in total. The lowest BCUT2D eigenvalue weighted by atomic mass is 9.46. The van der Waals surface area contributed by atoms with Crippen molar-refractivity contribution in [1.29, 1.82) is 0 Å². The summed E-state index contributed by atoms with van der Waals surface area (Å²) in [6.07, 6.45) is 9.04. The van der Waals surface area contributed by atoms with Gasteiger partial charge in [0.05, 0.1) is 29.7 Å². The van der Waals surface area contributed by atoms with E-state index in [0.717, 1.165) is 12.0 Å². The minimum Gasteiger partial charge on any atom is -0.454 e. The first-order valence-electron chi connectivity index (χ1n) is 17.8. The fraction of sp³-hybridized carbons (Fsp3) is 0.538. The number of allylic oxidation sites excluding steroid dienone is 5. The second kappa shape index (κ2) is 14.4. The Hall–Kier alpha value is -4.62. The summed E-state index contributed by atoms with van der Waals surface area (Å²) in [6.45, 7) is 4.32. The van der Waals surface area contributed by atoms with Crippen LogP contribution in [0.25, 0.3) is 0 Å². The number of fused-ring (bicyclic) bond motifs is 5. The molecule has 0 aromatic heterocycles. The zero-order valence-corrected chi connectivity index (χ0v) is 29.5. The van der Waals surface area contributed by atoms with Crippen LogP contribution in [-0.4, -0.2) is 83.0 Å². The molecule has 13 heteroatoms. The molecule has 4 fully saturated rings. The number of amides is 1. The lowest BCUT2D eigenvalue weighted by Crippen LogP contribution is -2.61. The first-order valence-corrected chi connectivity index (χ1v) is 17.8. The number of ketones is 2. The fourth-order valence-electron chi connectivity index (χ4n) is 9.54. The maximum absolute atomic E-state index is 13.6. The molecule has 0 radical (unpaired) electrons. The molecule has 0 bridgehead atoms. The minimum atomic E-state index is -1.80. The van der Waals surface area contributed by atoms with Gasteiger partial charge >= 0.3 is 18.1 Å². The SMILES string of the molecule is C/C=C/C[C@H]1NC(=O)C[C@@H]1OC(=O)OCOC(=O)c1ccc(C(=O)OCC(=O)[C@@]2(O)CCC3C4CCC5=CC(=O)C=C[C@]5(C)C4[C@@H](O)C[C@@]32C)cc1. The number of aliphatic hydroxyl groups excluding tert-OH is 1. The molecule has 5 aliphatic rings. The van der Waals surface area contributed by atoms with Crippen LogP contribution in [0.1, 0.15) is 86.4 Å². The standard InChI is InChI=1S/C39H45NO12/c1-4-5-6-28-30(18-32(44)40-28)52-36(47)51-21-50-35(46)23-9-7-22(8-10-23)34(45)49-20-31(43)39(48)16-14-27-26-12-11-24-17-25(41)13-15-37(24,2)33(26)29(42)19-38(27,39)3/h4-5,7-10,13,15,17,26-30,33,42,48H,6,11-12,14,16,18-21H2,1-3H3,(H,40,44)/b5-4+/t26?,27?,28-,29+,30+,33?,37+,38+,39+/m1/s1. The molecular weight excluding hydrogens is 674 g/mol. The molecule has 1 aliphatic heterocycles. The number of rotatable bonds is 10. The molecule has 9 atom stereocenters. The van der Waals surface area contributed by atoms with Gasteiger partial charge in [0.2, 0.25) is 18.5 Å². The number of hydrogen-bond acceptors (Lipinski definition) is 12. The van der Waals surface area contributed by atoms with E-state index in [-0.39, 0.29) is 65.9 Å².